The van der Waals surface area contributed by atoms with Crippen LogP contribution in [0, 0.1) is 10.1 Å². The van der Waals surface area contributed by atoms with E-state index in [1.165, 1.54) is 24.3 Å². The highest BCUT2D eigenvalue weighted by Crippen LogP contribution is 2.20. The first-order valence-corrected chi connectivity index (χ1v) is 8.65. The van der Waals surface area contributed by atoms with Gasteiger partial charge in [0.25, 0.3) is 11.6 Å². The highest BCUT2D eigenvalue weighted by atomic mass is 16.6. The van der Waals surface area contributed by atoms with Gasteiger partial charge in [0.1, 0.15) is 5.75 Å². The number of nitro groups is 1. The third-order valence-electron chi connectivity index (χ3n) is 3.94. The van der Waals surface area contributed by atoms with Crippen LogP contribution in [0.5, 0.6) is 5.75 Å². The Bertz CT molecular complexity index is 942. The summed E-state index contributed by atoms with van der Waals surface area (Å²) in [5.74, 6) is 0.0674. The molecular formula is C21H19N3O4. The van der Waals surface area contributed by atoms with Crippen LogP contribution in [-0.2, 0) is 4.79 Å². The molecule has 0 spiro atoms. The molecule has 0 fully saturated rings. The zero-order valence-corrected chi connectivity index (χ0v) is 15.2. The lowest BCUT2D eigenvalue weighted by molar-refractivity contribution is -0.384. The van der Waals surface area contributed by atoms with Gasteiger partial charge in [-0.05, 0) is 55.5 Å². The summed E-state index contributed by atoms with van der Waals surface area (Å²) in [6, 6.07) is 22.7. The van der Waals surface area contributed by atoms with Crippen molar-refractivity contribution in [3.8, 4) is 5.75 Å². The second-order valence-electron chi connectivity index (χ2n) is 6.07. The Hall–Kier alpha value is -3.87. The van der Waals surface area contributed by atoms with Crippen molar-refractivity contribution in [2.75, 3.05) is 10.6 Å². The zero-order valence-electron chi connectivity index (χ0n) is 15.2. The summed E-state index contributed by atoms with van der Waals surface area (Å²) in [5.41, 5.74) is 2.49. The number of nitrogens with one attached hydrogen (secondary N) is 2. The van der Waals surface area contributed by atoms with Crippen LogP contribution in [0.15, 0.2) is 78.9 Å². The standard InChI is InChI=1S/C21H19N3O4/c1-15(28-20-13-11-19(12-14-20)24(26)27)21(25)23-18-9-7-17(8-10-18)22-16-5-3-2-4-6-16/h2-15,22H,1H3,(H,23,25). The first-order chi connectivity index (χ1) is 13.5. The predicted octanol–water partition coefficient (Wildman–Crippen LogP) is 4.74. The van der Waals surface area contributed by atoms with Crippen molar-refractivity contribution in [2.45, 2.75) is 13.0 Å². The van der Waals surface area contributed by atoms with Gasteiger partial charge in [-0.25, -0.2) is 0 Å². The van der Waals surface area contributed by atoms with Gasteiger partial charge in [-0.2, -0.15) is 0 Å². The van der Waals surface area contributed by atoms with Gasteiger partial charge in [0.2, 0.25) is 0 Å². The lowest BCUT2D eigenvalue weighted by Gasteiger charge is -2.15. The molecule has 7 heteroatoms. The molecule has 3 aromatic carbocycles. The number of amides is 1. The normalized spacial score (nSPS) is 11.3. The molecule has 1 atom stereocenters. The number of rotatable bonds is 7. The van der Waals surface area contributed by atoms with E-state index in [1.807, 2.05) is 42.5 Å². The third kappa shape index (κ3) is 5.07. The van der Waals surface area contributed by atoms with Crippen LogP contribution in [0.2, 0.25) is 0 Å². The van der Waals surface area contributed by atoms with E-state index in [0.717, 1.165) is 11.4 Å². The van der Waals surface area contributed by atoms with Crippen molar-refractivity contribution in [2.24, 2.45) is 0 Å². The first-order valence-electron chi connectivity index (χ1n) is 8.65. The Morgan fingerprint density at radius 2 is 1.46 bits per heavy atom. The molecule has 3 aromatic rings. The number of carbonyl (C=O) groups is 1. The molecule has 2 N–H and O–H groups in total. The zero-order chi connectivity index (χ0) is 19.9. The SMILES string of the molecule is CC(Oc1ccc([N+](=O)[O-])cc1)C(=O)Nc1ccc(Nc2ccccc2)cc1. The summed E-state index contributed by atoms with van der Waals surface area (Å²) < 4.78 is 5.54. The van der Waals surface area contributed by atoms with Crippen LogP contribution in [0.1, 0.15) is 6.92 Å². The summed E-state index contributed by atoms with van der Waals surface area (Å²) in [6.07, 6.45) is -0.761. The number of ether oxygens (including phenoxy) is 1. The van der Waals surface area contributed by atoms with Crippen molar-refractivity contribution in [3.05, 3.63) is 89.0 Å². The summed E-state index contributed by atoms with van der Waals surface area (Å²) in [6.45, 7) is 1.61. The molecule has 0 aliphatic carbocycles. The summed E-state index contributed by atoms with van der Waals surface area (Å²) in [7, 11) is 0. The van der Waals surface area contributed by atoms with E-state index in [2.05, 4.69) is 10.6 Å². The summed E-state index contributed by atoms with van der Waals surface area (Å²) in [4.78, 5) is 22.5. The van der Waals surface area contributed by atoms with Gasteiger partial charge in [0, 0.05) is 29.2 Å². The number of hydrogen-bond acceptors (Lipinski definition) is 5. The fourth-order valence-corrected chi connectivity index (χ4v) is 2.47. The molecule has 0 radical (unpaired) electrons. The second-order valence-corrected chi connectivity index (χ2v) is 6.07. The van der Waals surface area contributed by atoms with Crippen molar-refractivity contribution in [1.29, 1.82) is 0 Å². The molecule has 0 heterocycles. The van der Waals surface area contributed by atoms with Crippen LogP contribution < -0.4 is 15.4 Å². The Morgan fingerprint density at radius 3 is 2.07 bits per heavy atom. The maximum atomic E-state index is 12.3. The number of benzene rings is 3. The quantitative estimate of drug-likeness (QED) is 0.458. The summed E-state index contributed by atoms with van der Waals surface area (Å²) >= 11 is 0. The van der Waals surface area contributed by atoms with Crippen LogP contribution >= 0.6 is 0 Å². The minimum absolute atomic E-state index is 0.0337. The Morgan fingerprint density at radius 1 is 0.893 bits per heavy atom. The van der Waals surface area contributed by atoms with E-state index < -0.39 is 11.0 Å². The van der Waals surface area contributed by atoms with Gasteiger partial charge in [0.05, 0.1) is 4.92 Å². The number of nitrogens with zero attached hydrogens (tertiary/aromatic N) is 1. The largest absolute Gasteiger partial charge is 0.481 e. The molecule has 0 saturated carbocycles. The van der Waals surface area contributed by atoms with E-state index in [1.54, 1.807) is 19.1 Å². The van der Waals surface area contributed by atoms with Crippen LogP contribution in [0.4, 0.5) is 22.7 Å². The molecule has 0 bridgehead atoms. The van der Waals surface area contributed by atoms with Crippen molar-refractivity contribution in [1.82, 2.24) is 0 Å². The Balaban J connectivity index is 1.55. The van der Waals surface area contributed by atoms with E-state index >= 15 is 0 Å². The third-order valence-corrected chi connectivity index (χ3v) is 3.94. The Labute approximate surface area is 162 Å². The van der Waals surface area contributed by atoms with E-state index in [0.29, 0.717) is 11.4 Å². The fourth-order valence-electron chi connectivity index (χ4n) is 2.47. The molecule has 3 rings (SSSR count). The van der Waals surface area contributed by atoms with Crippen LogP contribution in [0.3, 0.4) is 0 Å². The number of non-ortho nitro benzene ring substituents is 1. The monoisotopic (exact) mass is 377 g/mol. The topological polar surface area (TPSA) is 93.5 Å². The summed E-state index contributed by atoms with van der Waals surface area (Å²) in [5, 5.41) is 16.7. The number of para-hydroxylation sites is 1. The molecular weight excluding hydrogens is 358 g/mol. The van der Waals surface area contributed by atoms with Crippen LogP contribution in [-0.4, -0.2) is 16.9 Å². The molecule has 1 unspecified atom stereocenters. The van der Waals surface area contributed by atoms with E-state index in [9.17, 15) is 14.9 Å². The first kappa shape index (κ1) is 18.9. The van der Waals surface area contributed by atoms with Gasteiger partial charge in [-0.1, -0.05) is 18.2 Å². The number of nitro benzene ring substituents is 1. The second kappa shape index (κ2) is 8.68. The van der Waals surface area contributed by atoms with Gasteiger partial charge in [0.15, 0.2) is 6.10 Å². The van der Waals surface area contributed by atoms with E-state index in [4.69, 9.17) is 4.74 Å². The van der Waals surface area contributed by atoms with Crippen molar-refractivity contribution < 1.29 is 14.5 Å². The maximum Gasteiger partial charge on any atom is 0.269 e. The number of carbonyl (C=O) groups excluding carboxylic acids is 1. The smallest absolute Gasteiger partial charge is 0.269 e. The number of anilines is 3. The van der Waals surface area contributed by atoms with Gasteiger partial charge >= 0.3 is 0 Å². The molecule has 28 heavy (non-hydrogen) atoms. The number of hydrogen-bond donors (Lipinski definition) is 2. The lowest BCUT2D eigenvalue weighted by Crippen LogP contribution is -2.30. The van der Waals surface area contributed by atoms with Crippen LogP contribution in [0.25, 0.3) is 0 Å². The molecule has 0 aliphatic rings. The van der Waals surface area contributed by atoms with Gasteiger partial charge < -0.3 is 15.4 Å². The molecule has 0 aliphatic heterocycles. The molecule has 1 amide bonds. The highest BCUT2D eigenvalue weighted by Gasteiger charge is 2.15. The Kier molecular flexibility index (Phi) is 5.86. The maximum absolute atomic E-state index is 12.3. The van der Waals surface area contributed by atoms with Crippen molar-refractivity contribution in [3.63, 3.8) is 0 Å². The van der Waals surface area contributed by atoms with E-state index in [-0.39, 0.29) is 11.6 Å². The minimum atomic E-state index is -0.761. The molecule has 0 aromatic heterocycles. The minimum Gasteiger partial charge on any atom is -0.481 e. The van der Waals surface area contributed by atoms with Gasteiger partial charge in [-0.3, -0.25) is 14.9 Å². The fraction of sp³-hybridized carbons (Fsp3) is 0.0952. The highest BCUT2D eigenvalue weighted by molar-refractivity contribution is 5.94. The molecule has 142 valence electrons. The predicted molar refractivity (Wildman–Crippen MR) is 108 cm³/mol. The lowest BCUT2D eigenvalue weighted by atomic mass is 10.2. The van der Waals surface area contributed by atoms with Gasteiger partial charge in [-0.15, -0.1) is 0 Å². The molecule has 0 saturated heterocycles. The average molecular weight is 377 g/mol. The van der Waals surface area contributed by atoms with Crippen molar-refractivity contribution >= 4 is 28.7 Å². The molecule has 7 nitrogen and oxygen atoms in total. The average Bonchev–Trinajstić information content (AvgIpc) is 2.70.